The van der Waals surface area contributed by atoms with Crippen molar-refractivity contribution in [3.8, 4) is 11.8 Å². The van der Waals surface area contributed by atoms with Crippen LogP contribution >= 0.6 is 0 Å². The zero-order valence-corrected chi connectivity index (χ0v) is 12.1. The van der Waals surface area contributed by atoms with Gasteiger partial charge in [-0.1, -0.05) is 11.8 Å². The van der Waals surface area contributed by atoms with E-state index in [-0.39, 0.29) is 5.92 Å². The smallest absolute Gasteiger partial charge is 0.271 e. The molecular weight excluding hydrogens is 343 g/mol. The van der Waals surface area contributed by atoms with Gasteiger partial charge in [-0.2, -0.15) is 26.3 Å². The van der Waals surface area contributed by atoms with Gasteiger partial charge in [0.1, 0.15) is 0 Å². The Morgan fingerprint density at radius 1 is 1.22 bits per heavy atom. The molecule has 3 rings (SSSR count). The fraction of sp³-hybridized carbons (Fsp3) is 0.385. The number of fused-ring (bicyclic) bond motifs is 1. The van der Waals surface area contributed by atoms with E-state index >= 15 is 0 Å². The number of nitrogens with one attached hydrogen (secondary N) is 2. The summed E-state index contributed by atoms with van der Waals surface area (Å²) in [5.41, 5.74) is -5.46. The molecule has 0 bridgehead atoms. The van der Waals surface area contributed by atoms with E-state index in [4.69, 9.17) is 0 Å². The molecule has 2 aliphatic rings. The number of benzene rings is 1. The topological polar surface area (TPSA) is 58.2 Å². The van der Waals surface area contributed by atoms with Crippen LogP contribution in [0.15, 0.2) is 12.1 Å². The molecule has 1 atom stereocenters. The minimum atomic E-state index is -5.30. The fourth-order valence-electron chi connectivity index (χ4n) is 2.22. The van der Waals surface area contributed by atoms with Gasteiger partial charge in [0, 0.05) is 5.92 Å². The predicted molar refractivity (Wildman–Crippen MR) is 70.3 cm³/mol. The third-order valence-electron chi connectivity index (χ3n) is 3.47. The lowest BCUT2D eigenvalue weighted by Gasteiger charge is -2.37. The van der Waals surface area contributed by atoms with Gasteiger partial charge in [-0.3, -0.25) is 4.72 Å². The average molecular weight is 352 g/mol. The van der Waals surface area contributed by atoms with Gasteiger partial charge in [0.2, 0.25) is 5.54 Å². The SMILES string of the molecule is O=S1(=O)Nc2ccc(F)c(F)c2C(C#CC2CC2)(C(F)(F)F)N1. The second kappa shape index (κ2) is 4.82. The minimum absolute atomic E-state index is 0.311. The zero-order chi connectivity index (χ0) is 17.0. The highest BCUT2D eigenvalue weighted by molar-refractivity contribution is 7.90. The lowest BCUT2D eigenvalue weighted by molar-refractivity contribution is -0.177. The molecule has 1 aromatic rings. The van der Waals surface area contributed by atoms with E-state index < -0.39 is 44.8 Å². The van der Waals surface area contributed by atoms with Crippen molar-refractivity contribution in [3.05, 3.63) is 29.3 Å². The first-order chi connectivity index (χ1) is 10.6. The highest BCUT2D eigenvalue weighted by atomic mass is 32.2. The van der Waals surface area contributed by atoms with Gasteiger partial charge in [0.05, 0.1) is 11.3 Å². The Morgan fingerprint density at radius 3 is 2.43 bits per heavy atom. The van der Waals surface area contributed by atoms with Crippen molar-refractivity contribution < 1.29 is 30.4 Å². The Balaban J connectivity index is 2.35. The fourth-order valence-corrected chi connectivity index (χ4v) is 3.40. The largest absolute Gasteiger partial charge is 0.423 e. The molecular formula is C13H9F5N2O2S. The van der Waals surface area contributed by atoms with Crippen molar-refractivity contribution in [2.45, 2.75) is 24.6 Å². The normalized spacial score (nSPS) is 25.8. The molecule has 1 saturated carbocycles. The molecule has 1 aliphatic carbocycles. The summed E-state index contributed by atoms with van der Waals surface area (Å²) in [6.07, 6.45) is -4.15. The second-order valence-electron chi connectivity index (χ2n) is 5.28. The molecule has 1 aromatic carbocycles. The van der Waals surface area contributed by atoms with E-state index in [0.29, 0.717) is 18.9 Å². The molecule has 1 aliphatic heterocycles. The molecule has 0 radical (unpaired) electrons. The summed E-state index contributed by atoms with van der Waals surface area (Å²) in [6, 6.07) is 1.27. The van der Waals surface area contributed by atoms with Gasteiger partial charge < -0.3 is 0 Å². The van der Waals surface area contributed by atoms with Crippen LogP contribution < -0.4 is 9.44 Å². The Hall–Kier alpha value is -1.86. The Bertz CT molecular complexity index is 836. The summed E-state index contributed by atoms with van der Waals surface area (Å²) < 4.78 is 95.0. The first-order valence-electron chi connectivity index (χ1n) is 6.45. The Labute approximate surface area is 128 Å². The molecule has 0 amide bonds. The third kappa shape index (κ3) is 2.64. The molecule has 0 saturated heterocycles. The highest BCUT2D eigenvalue weighted by Crippen LogP contribution is 2.46. The van der Waals surface area contributed by atoms with Crippen LogP contribution in [0.1, 0.15) is 18.4 Å². The first-order valence-corrected chi connectivity index (χ1v) is 7.94. The molecule has 10 heteroatoms. The molecule has 2 N–H and O–H groups in total. The number of hydrogen-bond donors (Lipinski definition) is 2. The Kier molecular flexibility index (Phi) is 3.35. The van der Waals surface area contributed by atoms with E-state index in [9.17, 15) is 30.4 Å². The third-order valence-corrected chi connectivity index (χ3v) is 4.53. The van der Waals surface area contributed by atoms with Crippen LogP contribution in [0.5, 0.6) is 0 Å². The lowest BCUT2D eigenvalue weighted by atomic mass is 9.88. The monoisotopic (exact) mass is 352 g/mol. The van der Waals surface area contributed by atoms with Gasteiger partial charge >= 0.3 is 16.4 Å². The lowest BCUT2D eigenvalue weighted by Crippen LogP contribution is -2.60. The number of anilines is 1. The molecule has 1 heterocycles. The summed E-state index contributed by atoms with van der Waals surface area (Å²) in [6.45, 7) is 0. The van der Waals surface area contributed by atoms with Gasteiger partial charge in [0.25, 0.3) is 0 Å². The minimum Gasteiger partial charge on any atom is -0.271 e. The van der Waals surface area contributed by atoms with Crippen LogP contribution in [0.25, 0.3) is 0 Å². The summed E-state index contributed by atoms with van der Waals surface area (Å²) in [5.74, 6) is 0.439. The van der Waals surface area contributed by atoms with Gasteiger partial charge in [-0.05, 0) is 25.0 Å². The van der Waals surface area contributed by atoms with E-state index in [1.165, 1.54) is 4.72 Å². The maximum atomic E-state index is 14.1. The van der Waals surface area contributed by atoms with Gasteiger partial charge in [0.15, 0.2) is 11.6 Å². The van der Waals surface area contributed by atoms with Crippen molar-refractivity contribution in [2.75, 3.05) is 4.72 Å². The van der Waals surface area contributed by atoms with Crippen LogP contribution in [0, 0.1) is 29.4 Å². The van der Waals surface area contributed by atoms with Crippen LogP contribution in [0.2, 0.25) is 0 Å². The first kappa shape index (κ1) is 16.0. The van der Waals surface area contributed by atoms with Gasteiger partial charge in [-0.25, -0.2) is 8.78 Å². The van der Waals surface area contributed by atoms with Crippen molar-refractivity contribution in [2.24, 2.45) is 5.92 Å². The number of rotatable bonds is 0. The van der Waals surface area contributed by atoms with Crippen molar-refractivity contribution in [1.82, 2.24) is 4.72 Å². The number of alkyl halides is 3. The maximum Gasteiger partial charge on any atom is 0.423 e. The van der Waals surface area contributed by atoms with Crippen LogP contribution in [-0.4, -0.2) is 14.6 Å². The summed E-state index contributed by atoms with van der Waals surface area (Å²) >= 11 is 0. The standard InChI is InChI=1S/C13H9F5N2O2S/c14-8-3-4-9-10(11(8)15)12(13(16,17)18,6-5-7-1-2-7)20-23(21,22)19-9/h3-4,7,19-20H,1-2H2. The molecule has 124 valence electrons. The number of halogens is 5. The van der Waals surface area contributed by atoms with E-state index in [1.807, 2.05) is 0 Å². The van der Waals surface area contributed by atoms with Crippen LogP contribution in [0.3, 0.4) is 0 Å². The van der Waals surface area contributed by atoms with Crippen LogP contribution in [0.4, 0.5) is 27.6 Å². The van der Waals surface area contributed by atoms with Crippen molar-refractivity contribution in [3.63, 3.8) is 0 Å². The predicted octanol–water partition coefficient (Wildman–Crippen LogP) is 2.40. The second-order valence-corrected chi connectivity index (χ2v) is 6.70. The molecule has 4 nitrogen and oxygen atoms in total. The van der Waals surface area contributed by atoms with Crippen molar-refractivity contribution >= 4 is 15.9 Å². The summed E-state index contributed by atoms with van der Waals surface area (Å²) in [5, 5.41) is 0. The zero-order valence-electron chi connectivity index (χ0n) is 11.3. The Morgan fingerprint density at radius 2 is 1.87 bits per heavy atom. The molecule has 1 fully saturated rings. The number of hydrogen-bond acceptors (Lipinski definition) is 2. The average Bonchev–Trinajstić information content (AvgIpc) is 3.22. The maximum absolute atomic E-state index is 14.1. The summed E-state index contributed by atoms with van der Waals surface area (Å²) in [4.78, 5) is 0. The highest BCUT2D eigenvalue weighted by Gasteiger charge is 2.62. The summed E-state index contributed by atoms with van der Waals surface area (Å²) in [7, 11) is -4.66. The van der Waals surface area contributed by atoms with E-state index in [2.05, 4.69) is 5.92 Å². The molecule has 0 aromatic heterocycles. The van der Waals surface area contributed by atoms with E-state index in [1.54, 1.807) is 10.6 Å². The molecule has 1 unspecified atom stereocenters. The quantitative estimate of drug-likeness (QED) is 0.556. The van der Waals surface area contributed by atoms with Crippen molar-refractivity contribution in [1.29, 1.82) is 0 Å². The van der Waals surface area contributed by atoms with E-state index in [0.717, 1.165) is 6.07 Å². The van der Waals surface area contributed by atoms with Crippen LogP contribution in [-0.2, 0) is 15.7 Å². The molecule has 23 heavy (non-hydrogen) atoms. The molecule has 0 spiro atoms. The van der Waals surface area contributed by atoms with Gasteiger partial charge in [-0.15, -0.1) is 0 Å².